The summed E-state index contributed by atoms with van der Waals surface area (Å²) in [4.78, 5) is 0. The number of nitrogens with one attached hydrogen (secondary N) is 1. The number of nitrogens with zero attached hydrogens (tertiary/aromatic N) is 2. The molecule has 0 bridgehead atoms. The third-order valence-corrected chi connectivity index (χ3v) is 2.86. The van der Waals surface area contributed by atoms with Crippen molar-refractivity contribution in [1.29, 1.82) is 0 Å². The van der Waals surface area contributed by atoms with Crippen LogP contribution in [0.4, 0.5) is 0 Å². The number of aryl methyl sites for hydroxylation is 1. The summed E-state index contributed by atoms with van der Waals surface area (Å²) in [5.41, 5.74) is 2.73. The van der Waals surface area contributed by atoms with E-state index in [9.17, 15) is 0 Å². The van der Waals surface area contributed by atoms with Crippen molar-refractivity contribution >= 4 is 0 Å². The minimum Gasteiger partial charge on any atom is -0.316 e. The highest BCUT2D eigenvalue weighted by atomic mass is 15.3. The molecule has 0 aliphatic carbocycles. The molecule has 3 heteroatoms. The molecule has 0 unspecified atom stereocenters. The van der Waals surface area contributed by atoms with Crippen LogP contribution in [0.3, 0.4) is 0 Å². The monoisotopic (exact) mass is 249 g/mol. The van der Waals surface area contributed by atoms with E-state index >= 15 is 0 Å². The van der Waals surface area contributed by atoms with E-state index in [1.165, 1.54) is 11.1 Å². The van der Waals surface area contributed by atoms with Gasteiger partial charge in [0.2, 0.25) is 0 Å². The minimum atomic E-state index is 0.731. The third kappa shape index (κ3) is 6.01. The lowest BCUT2D eigenvalue weighted by atomic mass is 10.1. The minimum absolute atomic E-state index is 0.731. The highest BCUT2D eigenvalue weighted by Crippen LogP contribution is 2.07. The molecule has 1 heterocycles. The van der Waals surface area contributed by atoms with Gasteiger partial charge in [0, 0.05) is 12.7 Å². The summed E-state index contributed by atoms with van der Waals surface area (Å²) in [6.07, 6.45) is 8.56. The number of hydrogen-bond acceptors (Lipinski definition) is 2. The fourth-order valence-electron chi connectivity index (χ4n) is 1.88. The number of rotatable bonds is 8. The van der Waals surface area contributed by atoms with Gasteiger partial charge in [0.15, 0.2) is 0 Å². The SMILES string of the molecule is CCn1cc(CC(C)=CCCNCC(C)C)cn1. The second kappa shape index (κ2) is 8.09. The van der Waals surface area contributed by atoms with Gasteiger partial charge in [-0.25, -0.2) is 0 Å². The average Bonchev–Trinajstić information content (AvgIpc) is 2.76. The number of aromatic nitrogens is 2. The Hall–Kier alpha value is -1.09. The maximum atomic E-state index is 4.29. The Morgan fingerprint density at radius 2 is 2.28 bits per heavy atom. The van der Waals surface area contributed by atoms with Crippen LogP contribution < -0.4 is 5.32 Å². The standard InChI is InChI=1S/C15H27N3/c1-5-18-12-15(11-17-18)9-14(4)7-6-8-16-10-13(2)3/h7,11-13,16H,5-6,8-10H2,1-4H3. The zero-order valence-electron chi connectivity index (χ0n) is 12.2. The Morgan fingerprint density at radius 3 is 2.89 bits per heavy atom. The second-order valence-electron chi connectivity index (χ2n) is 5.32. The van der Waals surface area contributed by atoms with Crippen molar-refractivity contribution in [2.24, 2.45) is 5.92 Å². The van der Waals surface area contributed by atoms with E-state index in [4.69, 9.17) is 0 Å². The maximum Gasteiger partial charge on any atom is 0.0525 e. The Kier molecular flexibility index (Phi) is 6.73. The molecule has 0 aromatic carbocycles. The lowest BCUT2D eigenvalue weighted by molar-refractivity contribution is 0.556. The zero-order valence-corrected chi connectivity index (χ0v) is 12.2. The maximum absolute atomic E-state index is 4.29. The first-order chi connectivity index (χ1) is 8.61. The largest absolute Gasteiger partial charge is 0.316 e. The summed E-state index contributed by atoms with van der Waals surface area (Å²) in [5, 5.41) is 7.75. The highest BCUT2D eigenvalue weighted by Gasteiger charge is 1.98. The molecule has 0 fully saturated rings. The Labute approximate surface area is 111 Å². The van der Waals surface area contributed by atoms with Gasteiger partial charge in [-0.15, -0.1) is 0 Å². The predicted octanol–water partition coefficient (Wildman–Crippen LogP) is 3.03. The van der Waals surface area contributed by atoms with Gasteiger partial charge in [-0.2, -0.15) is 5.10 Å². The smallest absolute Gasteiger partial charge is 0.0525 e. The molecule has 1 aromatic rings. The van der Waals surface area contributed by atoms with Crippen LogP contribution in [0.15, 0.2) is 24.0 Å². The van der Waals surface area contributed by atoms with E-state index in [1.54, 1.807) is 0 Å². The summed E-state index contributed by atoms with van der Waals surface area (Å²) >= 11 is 0. The van der Waals surface area contributed by atoms with Crippen LogP contribution in [0.2, 0.25) is 0 Å². The first kappa shape index (κ1) is 15.0. The van der Waals surface area contributed by atoms with Crippen LogP contribution in [0.5, 0.6) is 0 Å². The molecule has 102 valence electrons. The highest BCUT2D eigenvalue weighted by molar-refractivity contribution is 5.15. The van der Waals surface area contributed by atoms with Crippen molar-refractivity contribution < 1.29 is 0 Å². The molecule has 0 amide bonds. The van der Waals surface area contributed by atoms with Gasteiger partial charge < -0.3 is 5.32 Å². The predicted molar refractivity (Wildman–Crippen MR) is 77.7 cm³/mol. The topological polar surface area (TPSA) is 29.9 Å². The van der Waals surface area contributed by atoms with Crippen molar-refractivity contribution in [1.82, 2.24) is 15.1 Å². The number of allylic oxidation sites excluding steroid dienone is 1. The fraction of sp³-hybridized carbons (Fsp3) is 0.667. The van der Waals surface area contributed by atoms with Crippen molar-refractivity contribution in [3.8, 4) is 0 Å². The van der Waals surface area contributed by atoms with E-state index < -0.39 is 0 Å². The lowest BCUT2D eigenvalue weighted by Gasteiger charge is -2.05. The first-order valence-electron chi connectivity index (χ1n) is 6.99. The van der Waals surface area contributed by atoms with Gasteiger partial charge in [0.25, 0.3) is 0 Å². The summed E-state index contributed by atoms with van der Waals surface area (Å²) in [6, 6.07) is 0. The average molecular weight is 249 g/mol. The number of hydrogen-bond donors (Lipinski definition) is 1. The fourth-order valence-corrected chi connectivity index (χ4v) is 1.88. The van der Waals surface area contributed by atoms with Crippen molar-refractivity contribution in [2.45, 2.75) is 47.1 Å². The molecule has 0 saturated carbocycles. The Morgan fingerprint density at radius 1 is 1.50 bits per heavy atom. The van der Waals surface area contributed by atoms with Crippen molar-refractivity contribution in [3.05, 3.63) is 29.6 Å². The van der Waals surface area contributed by atoms with Crippen LogP contribution in [0.25, 0.3) is 0 Å². The van der Waals surface area contributed by atoms with E-state index in [-0.39, 0.29) is 0 Å². The summed E-state index contributed by atoms with van der Waals surface area (Å²) in [6.45, 7) is 11.9. The van der Waals surface area contributed by atoms with Gasteiger partial charge in [0.05, 0.1) is 6.20 Å². The Bertz CT molecular complexity index is 364. The molecule has 1 aromatic heterocycles. The van der Waals surface area contributed by atoms with E-state index in [2.05, 4.69) is 50.4 Å². The van der Waals surface area contributed by atoms with Crippen LogP contribution >= 0.6 is 0 Å². The van der Waals surface area contributed by atoms with Gasteiger partial charge in [0.1, 0.15) is 0 Å². The van der Waals surface area contributed by atoms with E-state index in [0.29, 0.717) is 0 Å². The van der Waals surface area contributed by atoms with Crippen LogP contribution in [-0.2, 0) is 13.0 Å². The van der Waals surface area contributed by atoms with Gasteiger partial charge in [-0.1, -0.05) is 25.5 Å². The summed E-state index contributed by atoms with van der Waals surface area (Å²) in [7, 11) is 0. The molecule has 0 saturated heterocycles. The van der Waals surface area contributed by atoms with E-state index in [0.717, 1.165) is 38.4 Å². The van der Waals surface area contributed by atoms with E-state index in [1.807, 2.05) is 10.9 Å². The Balaban J connectivity index is 2.24. The molecular weight excluding hydrogens is 222 g/mol. The van der Waals surface area contributed by atoms with Gasteiger partial charge in [-0.05, 0) is 51.3 Å². The third-order valence-electron chi connectivity index (χ3n) is 2.86. The van der Waals surface area contributed by atoms with Crippen LogP contribution in [0, 0.1) is 5.92 Å². The van der Waals surface area contributed by atoms with Gasteiger partial charge in [-0.3, -0.25) is 4.68 Å². The normalized spacial score (nSPS) is 12.4. The summed E-state index contributed by atoms with van der Waals surface area (Å²) < 4.78 is 1.98. The van der Waals surface area contributed by atoms with Gasteiger partial charge >= 0.3 is 0 Å². The van der Waals surface area contributed by atoms with Crippen molar-refractivity contribution in [3.63, 3.8) is 0 Å². The van der Waals surface area contributed by atoms with Crippen molar-refractivity contribution in [2.75, 3.05) is 13.1 Å². The molecule has 1 rings (SSSR count). The van der Waals surface area contributed by atoms with Crippen LogP contribution in [0.1, 0.15) is 39.7 Å². The molecule has 3 nitrogen and oxygen atoms in total. The molecule has 0 spiro atoms. The zero-order chi connectivity index (χ0) is 13.4. The molecule has 0 atom stereocenters. The summed E-state index contributed by atoms with van der Waals surface area (Å²) in [5.74, 6) is 0.731. The lowest BCUT2D eigenvalue weighted by Crippen LogP contribution is -2.20. The molecular formula is C15H27N3. The molecule has 0 aliphatic heterocycles. The second-order valence-corrected chi connectivity index (χ2v) is 5.32. The molecule has 18 heavy (non-hydrogen) atoms. The quantitative estimate of drug-likeness (QED) is 0.567. The molecule has 0 aliphatic rings. The van der Waals surface area contributed by atoms with Crippen LogP contribution in [-0.4, -0.2) is 22.9 Å². The molecule has 0 radical (unpaired) electrons. The molecule has 1 N–H and O–H groups in total. The first-order valence-corrected chi connectivity index (χ1v) is 6.99.